The van der Waals surface area contributed by atoms with Crippen LogP contribution in [0.3, 0.4) is 0 Å². The molecule has 2 N–H and O–H groups in total. The summed E-state index contributed by atoms with van der Waals surface area (Å²) in [7, 11) is 0. The summed E-state index contributed by atoms with van der Waals surface area (Å²) in [5.74, 6) is 0.900. The van der Waals surface area contributed by atoms with Crippen LogP contribution in [0.2, 0.25) is 0 Å². The molecule has 0 aromatic carbocycles. The van der Waals surface area contributed by atoms with Crippen LogP contribution in [-0.4, -0.2) is 22.6 Å². The number of carbonyl (C=O) groups is 1. The zero-order valence-electron chi connectivity index (χ0n) is 4.68. The fourth-order valence-electron chi connectivity index (χ4n) is 0.227. The summed E-state index contributed by atoms with van der Waals surface area (Å²) in [4.78, 5) is 10.2. The van der Waals surface area contributed by atoms with Crippen molar-refractivity contribution >= 4 is 17.7 Å². The van der Waals surface area contributed by atoms with Gasteiger partial charge in [0, 0.05) is 0 Å². The molecule has 0 radical (unpaired) electrons. The fraction of sp³-hybridized carbons (Fsp3) is 0.750. The minimum atomic E-state index is -0.336. The van der Waals surface area contributed by atoms with E-state index in [9.17, 15) is 4.79 Å². The number of amides is 1. The van der Waals surface area contributed by atoms with Crippen LogP contribution in [0, 0.1) is 0 Å². The molecule has 0 spiro atoms. The maximum atomic E-state index is 10.2. The van der Waals surface area contributed by atoms with Gasteiger partial charge in [-0.25, -0.2) is 5.48 Å². The highest BCUT2D eigenvalue weighted by Crippen LogP contribution is 1.95. The van der Waals surface area contributed by atoms with E-state index >= 15 is 0 Å². The zero-order valence-corrected chi connectivity index (χ0v) is 5.49. The van der Waals surface area contributed by atoms with E-state index in [1.807, 2.05) is 6.92 Å². The Morgan fingerprint density at radius 2 is 2.50 bits per heavy atom. The summed E-state index contributed by atoms with van der Waals surface area (Å²) >= 11 is 1.47. The number of rotatable bonds is 3. The number of hydrogen-bond acceptors (Lipinski definition) is 3. The van der Waals surface area contributed by atoms with Crippen molar-refractivity contribution in [3.05, 3.63) is 0 Å². The molecule has 48 valence electrons. The predicted octanol–water partition coefficient (Wildman–Crippen LogP) is 0.245. The van der Waals surface area contributed by atoms with Crippen LogP contribution in [0.4, 0.5) is 0 Å². The maximum absolute atomic E-state index is 10.2. The minimum absolute atomic E-state index is 0.336. The van der Waals surface area contributed by atoms with Crippen LogP contribution in [0.5, 0.6) is 0 Å². The summed E-state index contributed by atoms with van der Waals surface area (Å²) in [6.07, 6.45) is 0. The van der Waals surface area contributed by atoms with Gasteiger partial charge < -0.3 is 0 Å². The molecular formula is C4H9NO2S. The van der Waals surface area contributed by atoms with E-state index < -0.39 is 0 Å². The van der Waals surface area contributed by atoms with Crippen molar-refractivity contribution in [3.8, 4) is 0 Å². The van der Waals surface area contributed by atoms with Gasteiger partial charge in [0.1, 0.15) is 0 Å². The SMILES string of the molecule is CCSCC(=O)NO. The highest BCUT2D eigenvalue weighted by molar-refractivity contribution is 7.99. The largest absolute Gasteiger partial charge is 0.289 e. The topological polar surface area (TPSA) is 49.3 Å². The van der Waals surface area contributed by atoms with E-state index in [4.69, 9.17) is 5.21 Å². The molecule has 0 atom stereocenters. The lowest BCUT2D eigenvalue weighted by Crippen LogP contribution is -2.20. The first-order valence-corrected chi connectivity index (χ1v) is 3.47. The van der Waals surface area contributed by atoms with Gasteiger partial charge in [0.15, 0.2) is 0 Å². The quantitative estimate of drug-likeness (QED) is 0.430. The maximum Gasteiger partial charge on any atom is 0.253 e. The lowest BCUT2D eigenvalue weighted by molar-refractivity contribution is -0.126. The van der Waals surface area contributed by atoms with Gasteiger partial charge in [-0.3, -0.25) is 10.0 Å². The van der Waals surface area contributed by atoms with Crippen molar-refractivity contribution in [1.29, 1.82) is 0 Å². The van der Waals surface area contributed by atoms with E-state index in [2.05, 4.69) is 0 Å². The van der Waals surface area contributed by atoms with Gasteiger partial charge in [0.25, 0.3) is 5.91 Å². The third-order valence-electron chi connectivity index (χ3n) is 0.562. The molecule has 3 nitrogen and oxygen atoms in total. The Balaban J connectivity index is 2.99. The molecule has 0 unspecified atom stereocenters. The van der Waals surface area contributed by atoms with Crippen LogP contribution < -0.4 is 5.48 Å². The second-order valence-electron chi connectivity index (χ2n) is 1.17. The van der Waals surface area contributed by atoms with Crippen LogP contribution in [0.1, 0.15) is 6.92 Å². The molecule has 0 aliphatic heterocycles. The molecule has 1 amide bonds. The van der Waals surface area contributed by atoms with Crippen LogP contribution in [-0.2, 0) is 4.79 Å². The minimum Gasteiger partial charge on any atom is -0.289 e. The summed E-state index contributed by atoms with van der Waals surface area (Å²) in [5, 5.41) is 7.95. The van der Waals surface area contributed by atoms with Gasteiger partial charge in [-0.05, 0) is 5.75 Å². The van der Waals surface area contributed by atoms with Gasteiger partial charge in [0.05, 0.1) is 5.75 Å². The lowest BCUT2D eigenvalue weighted by Gasteiger charge is -1.93. The lowest BCUT2D eigenvalue weighted by atomic mass is 10.8. The smallest absolute Gasteiger partial charge is 0.253 e. The number of nitrogens with one attached hydrogen (secondary N) is 1. The Morgan fingerprint density at radius 3 is 2.88 bits per heavy atom. The standard InChI is InChI=1S/C4H9NO2S/c1-2-8-3-4(6)5-7/h7H,2-3H2,1H3,(H,5,6). The molecule has 0 rings (SSSR count). The number of carbonyl (C=O) groups excluding carboxylic acids is 1. The zero-order chi connectivity index (χ0) is 6.41. The van der Waals surface area contributed by atoms with Crippen LogP contribution >= 0.6 is 11.8 Å². The van der Waals surface area contributed by atoms with E-state index in [0.717, 1.165) is 5.75 Å². The molecule has 0 fully saturated rings. The molecule has 0 heterocycles. The molecule has 0 bridgehead atoms. The van der Waals surface area contributed by atoms with Gasteiger partial charge in [-0.1, -0.05) is 6.92 Å². The monoisotopic (exact) mass is 135 g/mol. The second-order valence-corrected chi connectivity index (χ2v) is 2.45. The molecule has 4 heteroatoms. The van der Waals surface area contributed by atoms with E-state index in [0.29, 0.717) is 5.75 Å². The highest BCUT2D eigenvalue weighted by atomic mass is 32.2. The van der Waals surface area contributed by atoms with Crippen LogP contribution in [0.15, 0.2) is 0 Å². The average molecular weight is 135 g/mol. The van der Waals surface area contributed by atoms with Gasteiger partial charge in [-0.2, -0.15) is 11.8 Å². The normalized spacial score (nSPS) is 8.75. The molecule has 0 saturated heterocycles. The van der Waals surface area contributed by atoms with Gasteiger partial charge in [0.2, 0.25) is 0 Å². The third kappa shape index (κ3) is 3.95. The molecule has 0 aromatic rings. The molecule has 0 saturated carbocycles. The van der Waals surface area contributed by atoms with E-state index in [1.165, 1.54) is 11.8 Å². The Morgan fingerprint density at radius 1 is 1.88 bits per heavy atom. The van der Waals surface area contributed by atoms with Crippen LogP contribution in [0.25, 0.3) is 0 Å². The summed E-state index contributed by atoms with van der Waals surface area (Å²) in [6, 6.07) is 0. The first-order valence-electron chi connectivity index (χ1n) is 2.32. The third-order valence-corrected chi connectivity index (χ3v) is 1.44. The molecule has 8 heavy (non-hydrogen) atoms. The van der Waals surface area contributed by atoms with E-state index in [-0.39, 0.29) is 5.91 Å². The molecule has 0 aromatic heterocycles. The number of thioether (sulfide) groups is 1. The number of hydroxylamine groups is 1. The van der Waals surface area contributed by atoms with E-state index in [1.54, 1.807) is 5.48 Å². The summed E-state index contributed by atoms with van der Waals surface area (Å²) in [6.45, 7) is 1.95. The first-order chi connectivity index (χ1) is 3.81. The van der Waals surface area contributed by atoms with Gasteiger partial charge in [-0.15, -0.1) is 0 Å². The van der Waals surface area contributed by atoms with Crippen molar-refractivity contribution in [1.82, 2.24) is 5.48 Å². The Hall–Kier alpha value is -0.220. The molecule has 0 aliphatic rings. The molecule has 0 aliphatic carbocycles. The first kappa shape index (κ1) is 7.78. The number of hydrogen-bond donors (Lipinski definition) is 2. The van der Waals surface area contributed by atoms with Crippen molar-refractivity contribution in [2.24, 2.45) is 0 Å². The van der Waals surface area contributed by atoms with Crippen molar-refractivity contribution in [2.75, 3.05) is 11.5 Å². The van der Waals surface area contributed by atoms with Crippen molar-refractivity contribution < 1.29 is 10.0 Å². The summed E-state index contributed by atoms with van der Waals surface area (Å²) < 4.78 is 0. The van der Waals surface area contributed by atoms with Gasteiger partial charge >= 0.3 is 0 Å². The Kier molecular flexibility index (Phi) is 4.79. The summed E-state index contributed by atoms with van der Waals surface area (Å²) in [5.41, 5.74) is 1.54. The fourth-order valence-corrected chi connectivity index (χ4v) is 0.681. The Labute approximate surface area is 52.4 Å². The van der Waals surface area contributed by atoms with Crippen molar-refractivity contribution in [2.45, 2.75) is 6.92 Å². The average Bonchev–Trinajstić information content (AvgIpc) is 1.83. The molecular weight excluding hydrogens is 126 g/mol. The van der Waals surface area contributed by atoms with Crippen molar-refractivity contribution in [3.63, 3.8) is 0 Å². The second kappa shape index (κ2) is 4.93. The Bertz CT molecular complexity index is 76.4. The highest BCUT2D eigenvalue weighted by Gasteiger charge is 1.94. The predicted molar refractivity (Wildman–Crippen MR) is 32.9 cm³/mol.